The summed E-state index contributed by atoms with van der Waals surface area (Å²) in [5.41, 5.74) is 11.5. The van der Waals surface area contributed by atoms with Gasteiger partial charge >= 0.3 is 6.09 Å². The number of amides is 1. The molecule has 3 aromatic carbocycles. The van der Waals surface area contributed by atoms with Gasteiger partial charge in [0.15, 0.2) is 0 Å². The average Bonchev–Trinajstić information content (AvgIpc) is 3.10. The standard InChI is InChI=1S/C25H26N2O3/c26-14-13-18-7-1-6-12-24(18)29-16-15-27-25(28)30-17-23-21-10-4-2-8-19(21)20-9-3-5-11-22(20)23/h1-12,23H,13-17,26H2,(H,27,28). The van der Waals surface area contributed by atoms with Crippen molar-refractivity contribution in [1.29, 1.82) is 0 Å². The fraction of sp³-hybridized carbons (Fsp3) is 0.240. The minimum absolute atomic E-state index is 0.0579. The maximum Gasteiger partial charge on any atom is 0.407 e. The fourth-order valence-electron chi connectivity index (χ4n) is 3.97. The molecule has 0 aromatic heterocycles. The third-order valence-electron chi connectivity index (χ3n) is 5.36. The molecule has 5 nitrogen and oxygen atoms in total. The van der Waals surface area contributed by atoms with Gasteiger partial charge in [-0.2, -0.15) is 0 Å². The average molecular weight is 402 g/mol. The first kappa shape index (κ1) is 20.0. The van der Waals surface area contributed by atoms with E-state index in [1.807, 2.05) is 48.5 Å². The first-order chi connectivity index (χ1) is 14.8. The summed E-state index contributed by atoms with van der Waals surface area (Å²) in [5, 5.41) is 2.77. The van der Waals surface area contributed by atoms with E-state index < -0.39 is 6.09 Å². The summed E-state index contributed by atoms with van der Waals surface area (Å²) in [6.07, 6.45) is 0.325. The van der Waals surface area contributed by atoms with Crippen LogP contribution in [0.5, 0.6) is 5.75 Å². The number of ether oxygens (including phenoxy) is 2. The Bertz CT molecular complexity index is 973. The SMILES string of the molecule is NCCc1ccccc1OCCNC(=O)OCC1c2ccccc2-c2ccccc21. The number of carbonyl (C=O) groups is 1. The lowest BCUT2D eigenvalue weighted by Gasteiger charge is -2.15. The maximum atomic E-state index is 12.2. The van der Waals surface area contributed by atoms with E-state index in [0.717, 1.165) is 17.7 Å². The van der Waals surface area contributed by atoms with Gasteiger partial charge < -0.3 is 20.5 Å². The number of nitrogens with one attached hydrogen (secondary N) is 1. The van der Waals surface area contributed by atoms with Crippen LogP contribution < -0.4 is 15.8 Å². The van der Waals surface area contributed by atoms with Gasteiger partial charge in [-0.05, 0) is 46.8 Å². The second kappa shape index (κ2) is 9.46. The minimum Gasteiger partial charge on any atom is -0.491 e. The van der Waals surface area contributed by atoms with E-state index in [9.17, 15) is 4.79 Å². The summed E-state index contributed by atoms with van der Waals surface area (Å²) in [7, 11) is 0. The van der Waals surface area contributed by atoms with Crippen LogP contribution in [0, 0.1) is 0 Å². The molecule has 1 aliphatic carbocycles. The molecule has 4 rings (SSSR count). The van der Waals surface area contributed by atoms with Gasteiger partial charge in [0.25, 0.3) is 0 Å². The van der Waals surface area contributed by atoms with Crippen LogP contribution in [-0.2, 0) is 11.2 Å². The van der Waals surface area contributed by atoms with Crippen molar-refractivity contribution in [2.75, 3.05) is 26.3 Å². The van der Waals surface area contributed by atoms with Crippen LogP contribution in [0.4, 0.5) is 4.79 Å². The van der Waals surface area contributed by atoms with E-state index >= 15 is 0 Å². The molecule has 0 unspecified atom stereocenters. The molecule has 0 heterocycles. The molecule has 30 heavy (non-hydrogen) atoms. The van der Waals surface area contributed by atoms with Crippen LogP contribution in [-0.4, -0.2) is 32.4 Å². The number of nitrogens with two attached hydrogens (primary N) is 1. The summed E-state index contributed by atoms with van der Waals surface area (Å²) >= 11 is 0. The molecular formula is C25H26N2O3. The zero-order valence-electron chi connectivity index (χ0n) is 16.8. The molecule has 0 radical (unpaired) electrons. The molecule has 1 amide bonds. The van der Waals surface area contributed by atoms with Crippen molar-refractivity contribution in [2.45, 2.75) is 12.3 Å². The van der Waals surface area contributed by atoms with Gasteiger partial charge in [-0.1, -0.05) is 66.7 Å². The van der Waals surface area contributed by atoms with Crippen molar-refractivity contribution in [1.82, 2.24) is 5.32 Å². The summed E-state index contributed by atoms with van der Waals surface area (Å²) < 4.78 is 11.3. The van der Waals surface area contributed by atoms with Gasteiger partial charge in [-0.3, -0.25) is 0 Å². The molecule has 5 heteroatoms. The van der Waals surface area contributed by atoms with Crippen LogP contribution in [0.15, 0.2) is 72.8 Å². The Balaban J connectivity index is 1.28. The highest BCUT2D eigenvalue weighted by atomic mass is 16.5. The number of alkyl carbamates (subject to hydrolysis) is 1. The van der Waals surface area contributed by atoms with Crippen molar-refractivity contribution in [3.8, 4) is 16.9 Å². The highest BCUT2D eigenvalue weighted by Crippen LogP contribution is 2.44. The molecule has 0 spiro atoms. The normalized spacial score (nSPS) is 12.2. The summed E-state index contributed by atoms with van der Waals surface area (Å²) in [5.74, 6) is 0.861. The Labute approximate surface area is 176 Å². The van der Waals surface area contributed by atoms with Gasteiger partial charge in [0.1, 0.15) is 19.0 Å². The highest BCUT2D eigenvalue weighted by Gasteiger charge is 2.28. The summed E-state index contributed by atoms with van der Waals surface area (Å²) in [4.78, 5) is 12.2. The molecule has 1 aliphatic rings. The zero-order valence-corrected chi connectivity index (χ0v) is 16.8. The number of benzene rings is 3. The lowest BCUT2D eigenvalue weighted by atomic mass is 9.98. The van der Waals surface area contributed by atoms with Gasteiger partial charge in [0.2, 0.25) is 0 Å². The third kappa shape index (κ3) is 4.31. The first-order valence-corrected chi connectivity index (χ1v) is 10.3. The van der Waals surface area contributed by atoms with E-state index in [4.69, 9.17) is 15.2 Å². The Morgan fingerprint density at radius 2 is 1.53 bits per heavy atom. The number of rotatable bonds is 8. The van der Waals surface area contributed by atoms with Crippen molar-refractivity contribution >= 4 is 6.09 Å². The second-order valence-electron chi connectivity index (χ2n) is 7.25. The number of hydrogen-bond acceptors (Lipinski definition) is 4. The van der Waals surface area contributed by atoms with Crippen molar-refractivity contribution in [3.05, 3.63) is 89.5 Å². The van der Waals surface area contributed by atoms with Gasteiger partial charge in [0.05, 0.1) is 6.54 Å². The molecule has 0 fully saturated rings. The molecule has 0 aliphatic heterocycles. The maximum absolute atomic E-state index is 12.2. The third-order valence-corrected chi connectivity index (χ3v) is 5.36. The molecule has 0 saturated heterocycles. The monoisotopic (exact) mass is 402 g/mol. The molecule has 3 aromatic rings. The van der Waals surface area contributed by atoms with Crippen molar-refractivity contribution in [3.63, 3.8) is 0 Å². The summed E-state index contributed by atoms with van der Waals surface area (Å²) in [6.45, 7) is 1.61. The predicted octanol–water partition coefficient (Wildman–Crippen LogP) is 4.11. The van der Waals surface area contributed by atoms with Crippen LogP contribution in [0.2, 0.25) is 0 Å². The van der Waals surface area contributed by atoms with Gasteiger partial charge in [-0.25, -0.2) is 4.79 Å². The second-order valence-corrected chi connectivity index (χ2v) is 7.25. The molecule has 0 saturated carbocycles. The lowest BCUT2D eigenvalue weighted by Crippen LogP contribution is -2.30. The Morgan fingerprint density at radius 1 is 0.900 bits per heavy atom. The molecule has 3 N–H and O–H groups in total. The van der Waals surface area contributed by atoms with E-state index in [-0.39, 0.29) is 5.92 Å². The van der Waals surface area contributed by atoms with Crippen LogP contribution >= 0.6 is 0 Å². The Hall–Kier alpha value is -3.31. The van der Waals surface area contributed by atoms with Gasteiger partial charge in [-0.15, -0.1) is 0 Å². The Morgan fingerprint density at radius 3 is 2.23 bits per heavy atom. The number of hydrogen-bond donors (Lipinski definition) is 2. The van der Waals surface area contributed by atoms with Gasteiger partial charge in [0, 0.05) is 5.92 Å². The quantitative estimate of drug-likeness (QED) is 0.556. The first-order valence-electron chi connectivity index (χ1n) is 10.3. The van der Waals surface area contributed by atoms with Crippen LogP contribution in [0.1, 0.15) is 22.6 Å². The fourth-order valence-corrected chi connectivity index (χ4v) is 3.97. The van der Waals surface area contributed by atoms with E-state index in [2.05, 4.69) is 29.6 Å². The van der Waals surface area contributed by atoms with E-state index in [1.54, 1.807) is 0 Å². The predicted molar refractivity (Wildman–Crippen MR) is 118 cm³/mol. The van der Waals surface area contributed by atoms with Crippen molar-refractivity contribution in [2.24, 2.45) is 5.73 Å². The summed E-state index contributed by atoms with van der Waals surface area (Å²) in [6, 6.07) is 24.4. The number of carbonyl (C=O) groups excluding carboxylic acids is 1. The number of fused-ring (bicyclic) bond motifs is 3. The smallest absolute Gasteiger partial charge is 0.407 e. The van der Waals surface area contributed by atoms with Crippen LogP contribution in [0.25, 0.3) is 11.1 Å². The zero-order chi connectivity index (χ0) is 20.8. The van der Waals surface area contributed by atoms with E-state index in [1.165, 1.54) is 22.3 Å². The molecule has 0 atom stereocenters. The highest BCUT2D eigenvalue weighted by molar-refractivity contribution is 5.79. The lowest BCUT2D eigenvalue weighted by molar-refractivity contribution is 0.141. The minimum atomic E-state index is -0.435. The van der Waals surface area contributed by atoms with E-state index in [0.29, 0.717) is 26.3 Å². The molecule has 0 bridgehead atoms. The number of para-hydroxylation sites is 1. The Kier molecular flexibility index (Phi) is 6.30. The van der Waals surface area contributed by atoms with Crippen molar-refractivity contribution < 1.29 is 14.3 Å². The largest absolute Gasteiger partial charge is 0.491 e. The topological polar surface area (TPSA) is 73.6 Å². The molecule has 154 valence electrons. The molecular weight excluding hydrogens is 376 g/mol. The van der Waals surface area contributed by atoms with Crippen LogP contribution in [0.3, 0.4) is 0 Å².